The maximum atomic E-state index is 5.66. The molecular weight excluding hydrogens is 210 g/mol. The predicted octanol–water partition coefficient (Wildman–Crippen LogP) is 3.21. The second-order valence-corrected chi connectivity index (χ2v) is 3.60. The van der Waals surface area contributed by atoms with Crippen LogP contribution in [0.2, 0.25) is 0 Å². The second-order valence-electron chi connectivity index (χ2n) is 3.60. The molecule has 90 valence electrons. The topological polar surface area (TPSA) is 35.2 Å². The summed E-state index contributed by atoms with van der Waals surface area (Å²) in [7, 11) is 0. The molecule has 0 saturated carbocycles. The van der Waals surface area contributed by atoms with E-state index in [9.17, 15) is 0 Å². The van der Waals surface area contributed by atoms with Gasteiger partial charge in [-0.15, -0.1) is 0 Å². The van der Waals surface area contributed by atoms with Gasteiger partial charge < -0.3 is 10.5 Å². The normalized spacial score (nSPS) is 11.8. The van der Waals surface area contributed by atoms with Crippen LogP contribution in [0.15, 0.2) is 60.7 Å². The average molecular weight is 229 g/mol. The Bertz CT molecular complexity index is 401. The summed E-state index contributed by atoms with van der Waals surface area (Å²) in [6.07, 6.45) is 7.66. The molecule has 0 aliphatic heterocycles. The SMILES string of the molecule is C=C/C=C\C(=C/C)COc1ccc(CN)cc1. The van der Waals surface area contributed by atoms with Crippen LogP contribution in [0.5, 0.6) is 5.75 Å². The van der Waals surface area contributed by atoms with Crippen LogP contribution < -0.4 is 10.5 Å². The number of hydrogen-bond acceptors (Lipinski definition) is 2. The van der Waals surface area contributed by atoms with E-state index in [1.165, 1.54) is 0 Å². The van der Waals surface area contributed by atoms with Crippen molar-refractivity contribution in [3.05, 3.63) is 66.3 Å². The summed E-state index contributed by atoms with van der Waals surface area (Å²) in [5.41, 5.74) is 7.75. The molecule has 2 heteroatoms. The van der Waals surface area contributed by atoms with Crippen molar-refractivity contribution in [1.82, 2.24) is 0 Å². The molecule has 1 rings (SSSR count). The van der Waals surface area contributed by atoms with E-state index in [0.29, 0.717) is 13.2 Å². The lowest BCUT2D eigenvalue weighted by molar-refractivity contribution is 0.355. The van der Waals surface area contributed by atoms with Crippen LogP contribution in [-0.2, 0) is 6.54 Å². The fourth-order valence-electron chi connectivity index (χ4n) is 1.31. The third-order valence-electron chi connectivity index (χ3n) is 2.38. The number of nitrogens with two attached hydrogens (primary N) is 1. The van der Waals surface area contributed by atoms with Crippen molar-refractivity contribution in [2.45, 2.75) is 13.5 Å². The van der Waals surface area contributed by atoms with Crippen molar-refractivity contribution in [1.29, 1.82) is 0 Å². The summed E-state index contributed by atoms with van der Waals surface area (Å²) < 4.78 is 5.66. The minimum Gasteiger partial charge on any atom is -0.489 e. The number of allylic oxidation sites excluding steroid dienone is 3. The fourth-order valence-corrected chi connectivity index (χ4v) is 1.31. The van der Waals surface area contributed by atoms with Crippen molar-refractivity contribution in [3.8, 4) is 5.75 Å². The summed E-state index contributed by atoms with van der Waals surface area (Å²) in [4.78, 5) is 0. The molecule has 0 amide bonds. The number of hydrogen-bond donors (Lipinski definition) is 1. The first kappa shape index (κ1) is 13.3. The molecule has 0 fully saturated rings. The molecule has 0 aromatic heterocycles. The zero-order chi connectivity index (χ0) is 12.5. The first-order valence-corrected chi connectivity index (χ1v) is 5.66. The maximum Gasteiger partial charge on any atom is 0.119 e. The first-order chi connectivity index (χ1) is 8.30. The van der Waals surface area contributed by atoms with Crippen molar-refractivity contribution >= 4 is 0 Å². The van der Waals surface area contributed by atoms with E-state index >= 15 is 0 Å². The highest BCUT2D eigenvalue weighted by atomic mass is 16.5. The Morgan fingerprint density at radius 3 is 2.59 bits per heavy atom. The van der Waals surface area contributed by atoms with Gasteiger partial charge in [0.05, 0.1) is 0 Å². The van der Waals surface area contributed by atoms with Crippen LogP contribution in [-0.4, -0.2) is 6.61 Å². The number of ether oxygens (including phenoxy) is 1. The van der Waals surface area contributed by atoms with E-state index in [1.54, 1.807) is 6.08 Å². The molecule has 0 radical (unpaired) electrons. The van der Waals surface area contributed by atoms with E-state index in [-0.39, 0.29) is 0 Å². The number of rotatable bonds is 6. The Morgan fingerprint density at radius 1 is 1.35 bits per heavy atom. The fraction of sp³-hybridized carbons (Fsp3) is 0.200. The van der Waals surface area contributed by atoms with Gasteiger partial charge >= 0.3 is 0 Å². The Kier molecular flexibility index (Phi) is 5.83. The lowest BCUT2D eigenvalue weighted by Crippen LogP contribution is -2.00. The molecule has 0 bridgehead atoms. The van der Waals surface area contributed by atoms with Gasteiger partial charge in [0.2, 0.25) is 0 Å². The quantitative estimate of drug-likeness (QED) is 0.760. The molecule has 17 heavy (non-hydrogen) atoms. The van der Waals surface area contributed by atoms with E-state index in [2.05, 4.69) is 6.58 Å². The van der Waals surface area contributed by atoms with Gasteiger partial charge in [0.1, 0.15) is 12.4 Å². The molecule has 0 spiro atoms. The molecule has 0 heterocycles. The standard InChI is InChI=1S/C15H19NO/c1-3-5-6-13(4-2)12-17-15-9-7-14(11-16)8-10-15/h3-10H,1,11-12,16H2,2H3/b6-5-,13-4+. The van der Waals surface area contributed by atoms with Crippen LogP contribution >= 0.6 is 0 Å². The third-order valence-corrected chi connectivity index (χ3v) is 2.38. The molecule has 0 aliphatic rings. The highest BCUT2D eigenvalue weighted by Crippen LogP contribution is 2.13. The van der Waals surface area contributed by atoms with E-state index < -0.39 is 0 Å². The van der Waals surface area contributed by atoms with Gasteiger partial charge in [0.25, 0.3) is 0 Å². The Hall–Kier alpha value is -1.80. The molecule has 2 N–H and O–H groups in total. The van der Waals surface area contributed by atoms with Crippen molar-refractivity contribution in [3.63, 3.8) is 0 Å². The van der Waals surface area contributed by atoms with Crippen LogP contribution in [0.25, 0.3) is 0 Å². The van der Waals surface area contributed by atoms with Crippen molar-refractivity contribution in [2.75, 3.05) is 6.61 Å². The van der Waals surface area contributed by atoms with Crippen molar-refractivity contribution in [2.24, 2.45) is 5.73 Å². The molecule has 2 nitrogen and oxygen atoms in total. The van der Waals surface area contributed by atoms with Crippen LogP contribution in [0.4, 0.5) is 0 Å². The van der Waals surface area contributed by atoms with E-state index in [1.807, 2.05) is 49.4 Å². The maximum absolute atomic E-state index is 5.66. The van der Waals surface area contributed by atoms with Crippen LogP contribution in [0.1, 0.15) is 12.5 Å². The van der Waals surface area contributed by atoms with E-state index in [4.69, 9.17) is 10.5 Å². The average Bonchev–Trinajstić information content (AvgIpc) is 2.39. The minimum absolute atomic E-state index is 0.558. The van der Waals surface area contributed by atoms with Gasteiger partial charge in [-0.1, -0.05) is 43.0 Å². The Balaban J connectivity index is 2.54. The molecule has 0 atom stereocenters. The summed E-state index contributed by atoms with van der Waals surface area (Å²) in [5.74, 6) is 0.855. The van der Waals surface area contributed by atoms with Crippen molar-refractivity contribution < 1.29 is 4.74 Å². The Morgan fingerprint density at radius 2 is 2.06 bits per heavy atom. The van der Waals surface area contributed by atoms with Gasteiger partial charge in [0.15, 0.2) is 0 Å². The summed E-state index contributed by atoms with van der Waals surface area (Å²) in [6, 6.07) is 7.83. The Labute approximate surface area is 103 Å². The zero-order valence-corrected chi connectivity index (χ0v) is 10.2. The van der Waals surface area contributed by atoms with Gasteiger partial charge in [-0.05, 0) is 30.2 Å². The highest BCUT2D eigenvalue weighted by Gasteiger charge is 1.96. The third kappa shape index (κ3) is 4.70. The highest BCUT2D eigenvalue weighted by molar-refractivity contribution is 5.28. The van der Waals surface area contributed by atoms with Gasteiger partial charge in [-0.3, -0.25) is 0 Å². The van der Waals surface area contributed by atoms with Gasteiger partial charge in [-0.2, -0.15) is 0 Å². The molecule has 0 saturated heterocycles. The zero-order valence-electron chi connectivity index (χ0n) is 10.2. The molecule has 0 aliphatic carbocycles. The monoisotopic (exact) mass is 229 g/mol. The molecule has 1 aromatic carbocycles. The first-order valence-electron chi connectivity index (χ1n) is 5.66. The molecular formula is C15H19NO. The van der Waals surface area contributed by atoms with Gasteiger partial charge in [0, 0.05) is 6.54 Å². The lowest BCUT2D eigenvalue weighted by atomic mass is 10.2. The van der Waals surface area contributed by atoms with Crippen LogP contribution in [0.3, 0.4) is 0 Å². The lowest BCUT2D eigenvalue weighted by Gasteiger charge is -2.07. The largest absolute Gasteiger partial charge is 0.489 e. The predicted molar refractivity (Wildman–Crippen MR) is 72.9 cm³/mol. The van der Waals surface area contributed by atoms with E-state index in [0.717, 1.165) is 16.9 Å². The summed E-state index contributed by atoms with van der Waals surface area (Å²) >= 11 is 0. The smallest absolute Gasteiger partial charge is 0.119 e. The van der Waals surface area contributed by atoms with Crippen LogP contribution in [0, 0.1) is 0 Å². The second kappa shape index (κ2) is 7.47. The molecule has 0 unspecified atom stereocenters. The van der Waals surface area contributed by atoms with Gasteiger partial charge in [-0.25, -0.2) is 0 Å². The minimum atomic E-state index is 0.558. The molecule has 1 aromatic rings. The summed E-state index contributed by atoms with van der Waals surface area (Å²) in [5, 5.41) is 0. The summed E-state index contributed by atoms with van der Waals surface area (Å²) in [6.45, 7) is 6.74. The number of benzene rings is 1.